The summed E-state index contributed by atoms with van der Waals surface area (Å²) in [6.07, 6.45) is 4.72. The lowest BCUT2D eigenvalue weighted by Crippen LogP contribution is -2.04. The van der Waals surface area contributed by atoms with E-state index in [0.717, 1.165) is 5.57 Å². The van der Waals surface area contributed by atoms with Crippen molar-refractivity contribution >= 4 is 24.1 Å². The highest BCUT2D eigenvalue weighted by atomic mass is 35.5. The minimum Gasteiger partial charge on any atom is -0.366 e. The molecule has 1 aromatic rings. The number of rotatable bonds is 5. The lowest BCUT2D eigenvalue weighted by molar-refractivity contribution is 1.12. The molecule has 15 heavy (non-hydrogen) atoms. The van der Waals surface area contributed by atoms with Crippen LogP contribution in [0.2, 0.25) is 5.15 Å². The van der Waals surface area contributed by atoms with Crippen LogP contribution in [-0.4, -0.2) is 23.2 Å². The van der Waals surface area contributed by atoms with Crippen molar-refractivity contribution in [3.05, 3.63) is 42.0 Å². The van der Waals surface area contributed by atoms with E-state index >= 15 is 0 Å². The molecule has 4 nitrogen and oxygen atoms in total. The molecule has 1 N–H and O–H groups in total. The maximum absolute atomic E-state index is 5.70. The van der Waals surface area contributed by atoms with Gasteiger partial charge in [-0.3, -0.25) is 4.99 Å². The Bertz CT molecular complexity index is 387. The molecule has 0 aliphatic rings. The van der Waals surface area contributed by atoms with Crippen molar-refractivity contribution in [2.45, 2.75) is 0 Å². The van der Waals surface area contributed by atoms with E-state index in [1.807, 2.05) is 0 Å². The van der Waals surface area contributed by atoms with Crippen molar-refractivity contribution in [1.29, 1.82) is 0 Å². The first-order valence-electron chi connectivity index (χ1n) is 4.25. The Morgan fingerprint density at radius 3 is 3.00 bits per heavy atom. The molecule has 1 rings (SSSR count). The molecule has 0 bridgehead atoms. The molecule has 0 fully saturated rings. The number of aromatic nitrogens is 2. The molecule has 5 heteroatoms. The van der Waals surface area contributed by atoms with Crippen LogP contribution in [0.25, 0.3) is 0 Å². The van der Waals surface area contributed by atoms with E-state index in [1.165, 1.54) is 6.33 Å². The summed E-state index contributed by atoms with van der Waals surface area (Å²) in [7, 11) is 0. The highest BCUT2D eigenvalue weighted by molar-refractivity contribution is 6.29. The van der Waals surface area contributed by atoms with E-state index < -0.39 is 0 Å². The standard InChI is InChI=1S/C10H11ClN4/c1-3-8(5-12-2)6-13-10-4-9(11)14-7-15-10/h3-5,7H,1-2,6H2,(H,13,14,15)/b8-5+. The summed E-state index contributed by atoms with van der Waals surface area (Å²) in [5.74, 6) is 0.659. The van der Waals surface area contributed by atoms with Gasteiger partial charge in [0.05, 0.1) is 0 Å². The molecule has 0 atom stereocenters. The van der Waals surface area contributed by atoms with Crippen LogP contribution in [0, 0.1) is 0 Å². The molecular weight excluding hydrogens is 212 g/mol. The molecular formula is C10H11ClN4. The molecule has 0 aliphatic heterocycles. The van der Waals surface area contributed by atoms with E-state index in [1.54, 1.807) is 18.3 Å². The number of aliphatic imine (C=N–C) groups is 1. The second-order valence-corrected chi connectivity index (χ2v) is 3.06. The maximum Gasteiger partial charge on any atom is 0.134 e. The Morgan fingerprint density at radius 2 is 2.40 bits per heavy atom. The van der Waals surface area contributed by atoms with Gasteiger partial charge >= 0.3 is 0 Å². The number of hydrogen-bond acceptors (Lipinski definition) is 4. The van der Waals surface area contributed by atoms with Gasteiger partial charge in [0, 0.05) is 18.8 Å². The number of nitrogens with zero attached hydrogens (tertiary/aromatic N) is 3. The predicted octanol–water partition coefficient (Wildman–Crippen LogP) is 2.31. The van der Waals surface area contributed by atoms with Gasteiger partial charge in [0.2, 0.25) is 0 Å². The number of anilines is 1. The SMILES string of the molecule is C=C/C(=C\N=C)CNc1cc(Cl)ncn1. The number of hydrogen-bond donors (Lipinski definition) is 1. The van der Waals surface area contributed by atoms with Crippen molar-refractivity contribution in [2.24, 2.45) is 4.99 Å². The number of nitrogens with one attached hydrogen (secondary N) is 1. The second-order valence-electron chi connectivity index (χ2n) is 2.67. The minimum atomic E-state index is 0.401. The van der Waals surface area contributed by atoms with Crippen LogP contribution in [0.3, 0.4) is 0 Å². The zero-order valence-corrected chi connectivity index (χ0v) is 8.91. The first-order valence-corrected chi connectivity index (χ1v) is 4.63. The van der Waals surface area contributed by atoms with Gasteiger partial charge in [-0.1, -0.05) is 24.3 Å². The van der Waals surface area contributed by atoms with Crippen molar-refractivity contribution in [2.75, 3.05) is 11.9 Å². The summed E-state index contributed by atoms with van der Waals surface area (Å²) in [5, 5.41) is 3.46. The van der Waals surface area contributed by atoms with Crippen LogP contribution in [0.4, 0.5) is 5.82 Å². The summed E-state index contributed by atoms with van der Waals surface area (Å²) in [6, 6.07) is 1.64. The van der Waals surface area contributed by atoms with Crippen molar-refractivity contribution in [3.63, 3.8) is 0 Å². The van der Waals surface area contributed by atoms with Gasteiger partial charge in [-0.05, 0) is 12.3 Å². The maximum atomic E-state index is 5.70. The predicted molar refractivity (Wildman–Crippen MR) is 63.4 cm³/mol. The smallest absolute Gasteiger partial charge is 0.134 e. The fourth-order valence-electron chi connectivity index (χ4n) is 0.911. The summed E-state index contributed by atoms with van der Waals surface area (Å²) in [6.45, 7) is 7.59. The van der Waals surface area contributed by atoms with E-state index in [9.17, 15) is 0 Å². The zero-order chi connectivity index (χ0) is 11.1. The molecule has 0 saturated heterocycles. The highest BCUT2D eigenvalue weighted by Crippen LogP contribution is 2.09. The normalized spacial score (nSPS) is 10.9. The van der Waals surface area contributed by atoms with Gasteiger partial charge in [-0.15, -0.1) is 0 Å². The monoisotopic (exact) mass is 222 g/mol. The average Bonchev–Trinajstić information content (AvgIpc) is 2.24. The molecule has 0 amide bonds. The van der Waals surface area contributed by atoms with Gasteiger partial charge in [0.15, 0.2) is 0 Å². The van der Waals surface area contributed by atoms with Crippen LogP contribution in [0.1, 0.15) is 0 Å². The third kappa shape index (κ3) is 3.91. The molecule has 1 aromatic heterocycles. The Balaban J connectivity index is 2.60. The molecule has 0 saturated carbocycles. The summed E-state index contributed by atoms with van der Waals surface area (Å²) in [4.78, 5) is 11.4. The van der Waals surface area contributed by atoms with E-state index in [4.69, 9.17) is 11.6 Å². The van der Waals surface area contributed by atoms with E-state index in [2.05, 4.69) is 33.6 Å². The minimum absolute atomic E-state index is 0.401. The first-order chi connectivity index (χ1) is 7.26. The van der Waals surface area contributed by atoms with Crippen LogP contribution >= 0.6 is 11.6 Å². The van der Waals surface area contributed by atoms with Crippen LogP contribution in [0.15, 0.2) is 41.8 Å². The van der Waals surface area contributed by atoms with Crippen LogP contribution in [-0.2, 0) is 0 Å². The van der Waals surface area contributed by atoms with Crippen molar-refractivity contribution in [3.8, 4) is 0 Å². The van der Waals surface area contributed by atoms with E-state index in [-0.39, 0.29) is 0 Å². The Morgan fingerprint density at radius 1 is 1.60 bits per heavy atom. The molecule has 0 unspecified atom stereocenters. The van der Waals surface area contributed by atoms with Gasteiger partial charge in [0.25, 0.3) is 0 Å². The largest absolute Gasteiger partial charge is 0.366 e. The van der Waals surface area contributed by atoms with Crippen LogP contribution in [0.5, 0.6) is 0 Å². The molecule has 78 valence electrons. The third-order valence-electron chi connectivity index (χ3n) is 1.63. The van der Waals surface area contributed by atoms with Gasteiger partial charge in [0.1, 0.15) is 17.3 Å². The summed E-state index contributed by atoms with van der Waals surface area (Å²) >= 11 is 5.70. The Labute approximate surface area is 93.4 Å². The number of halogens is 1. The van der Waals surface area contributed by atoms with Gasteiger partial charge in [-0.25, -0.2) is 9.97 Å². The third-order valence-corrected chi connectivity index (χ3v) is 1.83. The fourth-order valence-corrected chi connectivity index (χ4v) is 1.06. The molecule has 0 aromatic carbocycles. The zero-order valence-electron chi connectivity index (χ0n) is 8.15. The highest BCUT2D eigenvalue weighted by Gasteiger charge is 1.96. The lowest BCUT2D eigenvalue weighted by atomic mass is 10.3. The average molecular weight is 223 g/mol. The van der Waals surface area contributed by atoms with Gasteiger partial charge in [-0.2, -0.15) is 0 Å². The summed E-state index contributed by atoms with van der Waals surface area (Å²) in [5.41, 5.74) is 0.916. The Kier molecular flexibility index (Phi) is 4.50. The fraction of sp³-hybridized carbons (Fsp3) is 0.100. The van der Waals surface area contributed by atoms with Gasteiger partial charge < -0.3 is 5.32 Å². The van der Waals surface area contributed by atoms with E-state index in [0.29, 0.717) is 17.5 Å². The topological polar surface area (TPSA) is 50.2 Å². The first kappa shape index (κ1) is 11.4. The molecule has 0 aliphatic carbocycles. The summed E-state index contributed by atoms with van der Waals surface area (Å²) < 4.78 is 0. The second kappa shape index (κ2) is 5.93. The molecule has 0 radical (unpaired) electrons. The quantitative estimate of drug-likeness (QED) is 0.473. The van der Waals surface area contributed by atoms with Crippen LogP contribution < -0.4 is 5.32 Å². The van der Waals surface area contributed by atoms with Crippen molar-refractivity contribution in [1.82, 2.24) is 9.97 Å². The molecule has 1 heterocycles. The lowest BCUT2D eigenvalue weighted by Gasteiger charge is -2.04. The van der Waals surface area contributed by atoms with Crippen molar-refractivity contribution < 1.29 is 0 Å². The molecule has 0 spiro atoms. The Hall–Kier alpha value is -1.68.